The Morgan fingerprint density at radius 1 is 0.970 bits per heavy atom. The number of para-hydroxylation sites is 3. The Kier molecular flexibility index (Phi) is 5.42. The molecule has 0 bridgehead atoms. The van der Waals surface area contributed by atoms with E-state index in [1.807, 2.05) is 47.0 Å². The Bertz CT molecular complexity index is 1560. The van der Waals surface area contributed by atoms with Gasteiger partial charge in [-0.05, 0) is 11.6 Å². The summed E-state index contributed by atoms with van der Waals surface area (Å²) in [6, 6.07) is 21.9. The maximum Gasteiger partial charge on any atom is 0.274 e. The SMILES string of the molecule is [C-]#[N+]c1ccccc1CSc1nnc2c3ccccc3n(Cc3ccccc3[N+](=O)[O-])c2n1. The molecule has 0 amide bonds. The summed E-state index contributed by atoms with van der Waals surface area (Å²) < 4.78 is 1.94. The lowest BCUT2D eigenvalue weighted by Crippen LogP contribution is -2.05. The molecule has 0 aliphatic heterocycles. The van der Waals surface area contributed by atoms with Crippen molar-refractivity contribution in [3.8, 4) is 0 Å². The molecule has 0 fully saturated rings. The molecule has 3 aromatic carbocycles. The van der Waals surface area contributed by atoms with Gasteiger partial charge < -0.3 is 4.57 Å². The first-order chi connectivity index (χ1) is 16.2. The van der Waals surface area contributed by atoms with Crippen molar-refractivity contribution in [1.29, 1.82) is 0 Å². The van der Waals surface area contributed by atoms with Crippen molar-refractivity contribution >= 4 is 45.2 Å². The highest BCUT2D eigenvalue weighted by molar-refractivity contribution is 7.98. The molecular weight excluding hydrogens is 436 g/mol. The van der Waals surface area contributed by atoms with E-state index in [2.05, 4.69) is 15.0 Å². The Labute approximate surface area is 192 Å². The molecule has 0 saturated carbocycles. The van der Waals surface area contributed by atoms with Crippen molar-refractivity contribution in [3.63, 3.8) is 0 Å². The first-order valence-corrected chi connectivity index (χ1v) is 11.1. The number of aromatic nitrogens is 4. The fourth-order valence-electron chi connectivity index (χ4n) is 3.79. The molecule has 2 heterocycles. The topological polar surface area (TPSA) is 91.1 Å². The van der Waals surface area contributed by atoms with Crippen LogP contribution in [0.2, 0.25) is 0 Å². The van der Waals surface area contributed by atoms with Gasteiger partial charge in [-0.25, -0.2) is 9.83 Å². The van der Waals surface area contributed by atoms with Crippen LogP contribution in [-0.4, -0.2) is 24.7 Å². The minimum Gasteiger partial charge on any atom is -0.319 e. The molecule has 0 aliphatic rings. The monoisotopic (exact) mass is 452 g/mol. The molecule has 33 heavy (non-hydrogen) atoms. The third kappa shape index (κ3) is 3.88. The third-order valence-corrected chi connectivity index (χ3v) is 6.23. The molecule has 5 aromatic rings. The van der Waals surface area contributed by atoms with Crippen LogP contribution in [0, 0.1) is 16.7 Å². The van der Waals surface area contributed by atoms with Gasteiger partial charge in [0.1, 0.15) is 5.52 Å². The van der Waals surface area contributed by atoms with E-state index in [4.69, 9.17) is 11.6 Å². The summed E-state index contributed by atoms with van der Waals surface area (Å²) in [5.41, 5.74) is 4.30. The van der Waals surface area contributed by atoms with Crippen LogP contribution < -0.4 is 0 Å². The van der Waals surface area contributed by atoms with Gasteiger partial charge in [0.15, 0.2) is 11.3 Å². The highest BCUT2D eigenvalue weighted by Gasteiger charge is 2.19. The van der Waals surface area contributed by atoms with Crippen molar-refractivity contribution < 1.29 is 4.92 Å². The molecule has 0 N–H and O–H groups in total. The largest absolute Gasteiger partial charge is 0.319 e. The van der Waals surface area contributed by atoms with Crippen LogP contribution in [0.5, 0.6) is 0 Å². The highest BCUT2D eigenvalue weighted by Crippen LogP contribution is 2.31. The maximum atomic E-state index is 11.5. The quantitative estimate of drug-likeness (QED) is 0.140. The van der Waals surface area contributed by atoms with Gasteiger partial charge in [-0.1, -0.05) is 72.4 Å². The summed E-state index contributed by atoms with van der Waals surface area (Å²) in [4.78, 5) is 19.5. The standard InChI is InChI=1S/C24H16N6O2S/c1-25-19-11-5-2-9-17(19)15-33-24-26-23-22(27-28-24)18-10-4-7-13-21(18)29(23)14-16-8-3-6-12-20(16)30(31)32/h2-13H,14-15H2. The molecule has 8 nitrogen and oxygen atoms in total. The molecule has 160 valence electrons. The molecule has 0 radical (unpaired) electrons. The van der Waals surface area contributed by atoms with Crippen LogP contribution in [0.15, 0.2) is 78.0 Å². The minimum absolute atomic E-state index is 0.0656. The Morgan fingerprint density at radius 3 is 2.52 bits per heavy atom. The van der Waals surface area contributed by atoms with Gasteiger partial charge in [-0.2, -0.15) is 0 Å². The van der Waals surface area contributed by atoms with Crippen molar-refractivity contribution in [3.05, 3.63) is 105 Å². The summed E-state index contributed by atoms with van der Waals surface area (Å²) in [6.07, 6.45) is 0. The number of hydrogen-bond donors (Lipinski definition) is 0. The van der Waals surface area contributed by atoms with Crippen LogP contribution >= 0.6 is 11.8 Å². The van der Waals surface area contributed by atoms with Gasteiger partial charge in [-0.15, -0.1) is 10.2 Å². The molecule has 9 heteroatoms. The van der Waals surface area contributed by atoms with Gasteiger partial charge in [0.25, 0.3) is 5.69 Å². The van der Waals surface area contributed by atoms with Gasteiger partial charge in [0.2, 0.25) is 5.16 Å². The average molecular weight is 452 g/mol. The second-order valence-corrected chi connectivity index (χ2v) is 8.23. The van der Waals surface area contributed by atoms with Gasteiger partial charge >= 0.3 is 0 Å². The summed E-state index contributed by atoms with van der Waals surface area (Å²) in [5.74, 6) is 0.538. The zero-order chi connectivity index (χ0) is 22.8. The number of nitro benzene ring substituents is 1. The van der Waals surface area contributed by atoms with E-state index in [1.165, 1.54) is 17.8 Å². The van der Waals surface area contributed by atoms with Crippen molar-refractivity contribution in [1.82, 2.24) is 19.7 Å². The van der Waals surface area contributed by atoms with E-state index in [0.717, 1.165) is 16.5 Å². The van der Waals surface area contributed by atoms with Gasteiger partial charge in [0.05, 0.1) is 23.6 Å². The van der Waals surface area contributed by atoms with E-state index in [0.29, 0.717) is 33.3 Å². The van der Waals surface area contributed by atoms with Crippen LogP contribution in [0.3, 0.4) is 0 Å². The first-order valence-electron chi connectivity index (χ1n) is 10.1. The second-order valence-electron chi connectivity index (χ2n) is 7.28. The zero-order valence-electron chi connectivity index (χ0n) is 17.3. The lowest BCUT2D eigenvalue weighted by atomic mass is 10.2. The summed E-state index contributed by atoms with van der Waals surface area (Å²) in [7, 11) is 0. The number of nitrogens with zero attached hydrogens (tertiary/aromatic N) is 6. The minimum atomic E-state index is -0.369. The predicted octanol–water partition coefficient (Wildman–Crippen LogP) is 5.78. The third-order valence-electron chi connectivity index (χ3n) is 5.34. The smallest absolute Gasteiger partial charge is 0.274 e. The molecule has 0 aliphatic carbocycles. The molecule has 0 unspecified atom stereocenters. The summed E-state index contributed by atoms with van der Waals surface area (Å²) in [6.45, 7) is 7.62. The van der Waals surface area contributed by atoms with Gasteiger partial charge in [0, 0.05) is 22.8 Å². The number of fused-ring (bicyclic) bond motifs is 3. The Balaban J connectivity index is 1.58. The number of nitro groups is 1. The van der Waals surface area contributed by atoms with E-state index in [9.17, 15) is 10.1 Å². The lowest BCUT2D eigenvalue weighted by molar-refractivity contribution is -0.385. The molecular formula is C24H16N6O2S. The maximum absolute atomic E-state index is 11.5. The van der Waals surface area contributed by atoms with Crippen LogP contribution in [-0.2, 0) is 12.3 Å². The Morgan fingerprint density at radius 2 is 1.70 bits per heavy atom. The Hall–Kier alpha value is -4.29. The molecule has 0 spiro atoms. The van der Waals surface area contributed by atoms with Crippen molar-refractivity contribution in [2.45, 2.75) is 17.5 Å². The number of rotatable bonds is 6. The normalized spacial score (nSPS) is 11.0. The molecule has 0 saturated heterocycles. The van der Waals surface area contributed by atoms with Crippen molar-refractivity contribution in [2.75, 3.05) is 0 Å². The molecule has 5 rings (SSSR count). The van der Waals surface area contributed by atoms with Crippen LogP contribution in [0.1, 0.15) is 11.1 Å². The summed E-state index contributed by atoms with van der Waals surface area (Å²) in [5, 5.41) is 21.6. The fraction of sp³-hybridized carbons (Fsp3) is 0.0833. The zero-order valence-corrected chi connectivity index (χ0v) is 18.1. The lowest BCUT2D eigenvalue weighted by Gasteiger charge is -2.08. The summed E-state index contributed by atoms with van der Waals surface area (Å²) >= 11 is 1.40. The number of benzene rings is 3. The average Bonchev–Trinajstić information content (AvgIpc) is 3.16. The molecule has 2 aromatic heterocycles. The van der Waals surface area contributed by atoms with E-state index >= 15 is 0 Å². The number of hydrogen-bond acceptors (Lipinski definition) is 6. The second kappa shape index (κ2) is 8.68. The van der Waals surface area contributed by atoms with E-state index in [-0.39, 0.29) is 17.2 Å². The number of thioether (sulfide) groups is 1. The van der Waals surface area contributed by atoms with E-state index in [1.54, 1.807) is 24.3 Å². The van der Waals surface area contributed by atoms with Crippen molar-refractivity contribution in [2.24, 2.45) is 0 Å². The van der Waals surface area contributed by atoms with Crippen LogP contribution in [0.4, 0.5) is 11.4 Å². The molecule has 0 atom stereocenters. The first kappa shape index (κ1) is 20.6. The predicted molar refractivity (Wildman–Crippen MR) is 127 cm³/mol. The van der Waals surface area contributed by atoms with E-state index < -0.39 is 0 Å². The fourth-order valence-corrected chi connectivity index (χ4v) is 4.57. The van der Waals surface area contributed by atoms with Crippen LogP contribution in [0.25, 0.3) is 26.9 Å². The highest BCUT2D eigenvalue weighted by atomic mass is 32.2. The van der Waals surface area contributed by atoms with Gasteiger partial charge in [-0.3, -0.25) is 10.1 Å².